The van der Waals surface area contributed by atoms with Crippen LogP contribution in [0.25, 0.3) is 0 Å². The molecule has 0 radical (unpaired) electrons. The van der Waals surface area contributed by atoms with Gasteiger partial charge in [-0.05, 0) is 31.9 Å². The minimum atomic E-state index is -3.42. The van der Waals surface area contributed by atoms with Gasteiger partial charge in [0.25, 0.3) is 0 Å². The smallest absolute Gasteiger partial charge is 0.243 e. The average Bonchev–Trinajstić information content (AvgIpc) is 3.06. The van der Waals surface area contributed by atoms with Gasteiger partial charge in [-0.15, -0.1) is 0 Å². The fraction of sp³-hybridized carbons (Fsp3) is 0.438. The van der Waals surface area contributed by atoms with E-state index in [1.807, 2.05) is 43.8 Å². The highest BCUT2D eigenvalue weighted by molar-refractivity contribution is 7.89. The molecule has 0 bridgehead atoms. The maximum Gasteiger partial charge on any atom is 0.243 e. The van der Waals surface area contributed by atoms with Gasteiger partial charge in [0.2, 0.25) is 10.0 Å². The fourth-order valence-corrected chi connectivity index (χ4v) is 4.88. The number of aromatic nitrogens is 2. The number of rotatable bonds is 3. The molecule has 1 aromatic heterocycles. The summed E-state index contributed by atoms with van der Waals surface area (Å²) in [7, 11) is -1.45. The van der Waals surface area contributed by atoms with E-state index in [4.69, 9.17) is 0 Å². The Bertz CT molecular complexity index is 795. The van der Waals surface area contributed by atoms with Crippen molar-refractivity contribution >= 4 is 10.0 Å². The molecular weight excluding hydrogens is 298 g/mol. The number of imidazole rings is 1. The van der Waals surface area contributed by atoms with E-state index in [9.17, 15) is 8.42 Å². The van der Waals surface area contributed by atoms with Crippen LogP contribution in [0, 0.1) is 13.8 Å². The Balaban J connectivity index is 1.86. The van der Waals surface area contributed by atoms with E-state index in [0.717, 1.165) is 23.5 Å². The molecule has 2 heterocycles. The number of hydrogen-bond donors (Lipinski definition) is 0. The van der Waals surface area contributed by atoms with Gasteiger partial charge in [0.1, 0.15) is 5.82 Å². The highest BCUT2D eigenvalue weighted by Gasteiger charge is 2.35. The van der Waals surface area contributed by atoms with E-state index < -0.39 is 10.0 Å². The summed E-state index contributed by atoms with van der Waals surface area (Å²) in [5.41, 5.74) is 1.76. The van der Waals surface area contributed by atoms with E-state index >= 15 is 0 Å². The molecule has 1 atom stereocenters. The molecule has 2 aromatic rings. The van der Waals surface area contributed by atoms with Gasteiger partial charge in [0.05, 0.1) is 10.6 Å². The summed E-state index contributed by atoms with van der Waals surface area (Å²) in [6.07, 6.45) is 2.79. The summed E-state index contributed by atoms with van der Waals surface area (Å²) >= 11 is 0. The Morgan fingerprint density at radius 3 is 2.59 bits per heavy atom. The van der Waals surface area contributed by atoms with Crippen molar-refractivity contribution in [2.45, 2.75) is 31.1 Å². The largest absolute Gasteiger partial charge is 0.337 e. The molecule has 3 rings (SSSR count). The highest BCUT2D eigenvalue weighted by atomic mass is 32.2. The zero-order chi connectivity index (χ0) is 15.9. The van der Waals surface area contributed by atoms with Crippen LogP contribution >= 0.6 is 0 Å². The zero-order valence-electron chi connectivity index (χ0n) is 13.2. The van der Waals surface area contributed by atoms with Crippen LogP contribution in [0.5, 0.6) is 0 Å². The fourth-order valence-electron chi connectivity index (χ4n) is 3.16. The van der Waals surface area contributed by atoms with E-state index in [0.29, 0.717) is 18.0 Å². The molecule has 1 fully saturated rings. The number of hydrogen-bond acceptors (Lipinski definition) is 3. The van der Waals surface area contributed by atoms with E-state index in [-0.39, 0.29) is 5.92 Å². The predicted molar refractivity (Wildman–Crippen MR) is 85.2 cm³/mol. The van der Waals surface area contributed by atoms with Crippen LogP contribution in [0.2, 0.25) is 0 Å². The lowest BCUT2D eigenvalue weighted by Gasteiger charge is -2.18. The summed E-state index contributed by atoms with van der Waals surface area (Å²) in [5, 5.41) is 0. The van der Waals surface area contributed by atoms with Gasteiger partial charge in [-0.3, -0.25) is 0 Å². The third-order valence-corrected chi connectivity index (χ3v) is 6.29. The monoisotopic (exact) mass is 319 g/mol. The van der Waals surface area contributed by atoms with Gasteiger partial charge in [-0.25, -0.2) is 13.4 Å². The quantitative estimate of drug-likeness (QED) is 0.871. The summed E-state index contributed by atoms with van der Waals surface area (Å²) in [6.45, 7) is 4.84. The van der Waals surface area contributed by atoms with Gasteiger partial charge in [-0.1, -0.05) is 18.2 Å². The van der Waals surface area contributed by atoms with Crippen LogP contribution in [0.15, 0.2) is 35.4 Å². The van der Waals surface area contributed by atoms with Crippen molar-refractivity contribution in [3.8, 4) is 0 Å². The molecule has 1 aromatic carbocycles. The lowest BCUT2D eigenvalue weighted by molar-refractivity contribution is 0.469. The van der Waals surface area contributed by atoms with Crippen molar-refractivity contribution in [2.75, 3.05) is 13.1 Å². The normalized spacial score (nSPS) is 19.7. The van der Waals surface area contributed by atoms with Crippen molar-refractivity contribution in [3.05, 3.63) is 47.5 Å². The van der Waals surface area contributed by atoms with Crippen LogP contribution in [-0.4, -0.2) is 35.4 Å². The zero-order valence-corrected chi connectivity index (χ0v) is 14.0. The second-order valence-electron chi connectivity index (χ2n) is 5.97. The Hall–Kier alpha value is -1.66. The molecule has 1 aliphatic heterocycles. The number of nitrogens with zero attached hydrogens (tertiary/aromatic N) is 3. The van der Waals surface area contributed by atoms with Gasteiger partial charge in [-0.2, -0.15) is 4.31 Å². The molecule has 22 heavy (non-hydrogen) atoms. The molecule has 0 saturated carbocycles. The summed E-state index contributed by atoms with van der Waals surface area (Å²) in [5.74, 6) is 1.14. The minimum Gasteiger partial charge on any atom is -0.337 e. The third kappa shape index (κ3) is 2.57. The first kappa shape index (κ1) is 15.2. The SMILES string of the molecule is Cc1cn(C)c([C@H]2CCN(S(=O)(=O)c3ccccc3C)C2)n1. The maximum atomic E-state index is 12.8. The summed E-state index contributed by atoms with van der Waals surface area (Å²) < 4.78 is 29.2. The number of aryl methyl sites for hydroxylation is 3. The number of sulfonamides is 1. The van der Waals surface area contributed by atoms with Crippen molar-refractivity contribution in [2.24, 2.45) is 7.05 Å². The van der Waals surface area contributed by atoms with Crippen LogP contribution < -0.4 is 0 Å². The van der Waals surface area contributed by atoms with Crippen LogP contribution in [0.1, 0.15) is 29.4 Å². The van der Waals surface area contributed by atoms with E-state index in [2.05, 4.69) is 4.98 Å². The summed E-state index contributed by atoms with van der Waals surface area (Å²) in [4.78, 5) is 4.95. The Morgan fingerprint density at radius 1 is 1.23 bits per heavy atom. The summed E-state index contributed by atoms with van der Waals surface area (Å²) in [6, 6.07) is 7.15. The average molecular weight is 319 g/mol. The first-order valence-corrected chi connectivity index (χ1v) is 8.89. The van der Waals surface area contributed by atoms with Crippen LogP contribution in [0.3, 0.4) is 0 Å². The van der Waals surface area contributed by atoms with E-state index in [1.165, 1.54) is 0 Å². The topological polar surface area (TPSA) is 55.2 Å². The first-order chi connectivity index (χ1) is 10.4. The third-order valence-electron chi connectivity index (χ3n) is 4.26. The molecule has 1 saturated heterocycles. The van der Waals surface area contributed by atoms with Crippen molar-refractivity contribution < 1.29 is 8.42 Å². The molecular formula is C16H21N3O2S. The van der Waals surface area contributed by atoms with Gasteiger partial charge in [0, 0.05) is 32.3 Å². The highest BCUT2D eigenvalue weighted by Crippen LogP contribution is 2.31. The van der Waals surface area contributed by atoms with Crippen LogP contribution in [0.4, 0.5) is 0 Å². The molecule has 118 valence electrons. The Morgan fingerprint density at radius 2 is 1.95 bits per heavy atom. The van der Waals surface area contributed by atoms with E-state index in [1.54, 1.807) is 16.4 Å². The maximum absolute atomic E-state index is 12.8. The predicted octanol–water partition coefficient (Wildman–Crippen LogP) is 2.22. The molecule has 1 aliphatic rings. The molecule has 0 aliphatic carbocycles. The first-order valence-electron chi connectivity index (χ1n) is 7.45. The molecule has 6 heteroatoms. The molecule has 0 N–H and O–H groups in total. The lowest BCUT2D eigenvalue weighted by Crippen LogP contribution is -2.29. The Kier molecular flexibility index (Phi) is 3.82. The van der Waals surface area contributed by atoms with Crippen LogP contribution in [-0.2, 0) is 17.1 Å². The number of benzene rings is 1. The minimum absolute atomic E-state index is 0.164. The van der Waals surface area contributed by atoms with Gasteiger partial charge >= 0.3 is 0 Å². The Labute approximate surface area is 131 Å². The molecule has 5 nitrogen and oxygen atoms in total. The van der Waals surface area contributed by atoms with Crippen molar-refractivity contribution in [3.63, 3.8) is 0 Å². The second-order valence-corrected chi connectivity index (χ2v) is 7.87. The molecule has 0 unspecified atom stereocenters. The molecule has 0 spiro atoms. The lowest BCUT2D eigenvalue weighted by atomic mass is 10.1. The van der Waals surface area contributed by atoms with Crippen molar-refractivity contribution in [1.82, 2.24) is 13.9 Å². The standard InChI is InChI=1S/C16H21N3O2S/c1-12-6-4-5-7-15(12)22(20,21)19-9-8-14(11-19)16-17-13(2)10-18(16)3/h4-7,10,14H,8-9,11H2,1-3H3/t14-/m0/s1. The van der Waals surface area contributed by atoms with Crippen molar-refractivity contribution in [1.29, 1.82) is 0 Å². The molecule has 0 amide bonds. The second kappa shape index (κ2) is 5.52. The van der Waals surface area contributed by atoms with Gasteiger partial charge < -0.3 is 4.57 Å². The van der Waals surface area contributed by atoms with Gasteiger partial charge in [0.15, 0.2) is 0 Å².